The van der Waals surface area contributed by atoms with E-state index in [4.69, 9.17) is 9.26 Å². The van der Waals surface area contributed by atoms with Gasteiger partial charge in [0.25, 0.3) is 0 Å². The number of benzene rings is 1. The van der Waals surface area contributed by atoms with Crippen LogP contribution in [-0.4, -0.2) is 58.3 Å². The minimum Gasteiger partial charge on any atom is -0.504 e. The molecule has 1 aromatic carbocycles. The Morgan fingerprint density at radius 1 is 1.32 bits per heavy atom. The van der Waals surface area contributed by atoms with Gasteiger partial charge in [0.2, 0.25) is 5.89 Å². The van der Waals surface area contributed by atoms with E-state index in [0.29, 0.717) is 17.5 Å². The van der Waals surface area contributed by atoms with E-state index < -0.39 is 0 Å². The predicted octanol–water partition coefficient (Wildman–Crippen LogP) is 2.73. The number of aromatic nitrogens is 2. The van der Waals surface area contributed by atoms with Crippen molar-refractivity contribution in [2.45, 2.75) is 26.4 Å². The summed E-state index contributed by atoms with van der Waals surface area (Å²) in [4.78, 5) is 9.05. The fourth-order valence-electron chi connectivity index (χ4n) is 3.06. The van der Waals surface area contributed by atoms with Crippen molar-refractivity contribution in [2.75, 3.05) is 33.3 Å². The third-order valence-corrected chi connectivity index (χ3v) is 5.34. The van der Waals surface area contributed by atoms with Gasteiger partial charge in [-0.05, 0) is 31.5 Å². The number of hydrogen-bond acceptors (Lipinski definition) is 7. The van der Waals surface area contributed by atoms with Gasteiger partial charge in [-0.3, -0.25) is 9.80 Å². The van der Waals surface area contributed by atoms with Crippen LogP contribution in [0.25, 0.3) is 0 Å². The van der Waals surface area contributed by atoms with E-state index in [2.05, 4.69) is 42.8 Å². The van der Waals surface area contributed by atoms with Crippen molar-refractivity contribution in [1.82, 2.24) is 19.9 Å². The summed E-state index contributed by atoms with van der Waals surface area (Å²) in [5, 5.41) is 13.9. The van der Waals surface area contributed by atoms with Gasteiger partial charge in [-0.1, -0.05) is 21.1 Å². The van der Waals surface area contributed by atoms with E-state index >= 15 is 0 Å². The van der Waals surface area contributed by atoms with Crippen molar-refractivity contribution < 1.29 is 14.4 Å². The molecule has 8 heteroatoms. The number of nitrogens with zero attached hydrogens (tertiary/aromatic N) is 4. The standard InChI is InChI=1S/C17H23BrN4O3/c1-11(17-19-12(2)20-25-17)22-6-4-21(5-7-22)10-13-8-15(23)16(24-3)9-14(13)18/h8-9,11,23H,4-7,10H2,1-3H3. The van der Waals surface area contributed by atoms with Gasteiger partial charge in [-0.15, -0.1) is 0 Å². The monoisotopic (exact) mass is 410 g/mol. The van der Waals surface area contributed by atoms with E-state index in [1.807, 2.05) is 6.92 Å². The maximum atomic E-state index is 9.99. The van der Waals surface area contributed by atoms with Gasteiger partial charge in [0.05, 0.1) is 13.2 Å². The molecule has 2 aromatic rings. The molecule has 0 spiro atoms. The van der Waals surface area contributed by atoms with Gasteiger partial charge in [-0.2, -0.15) is 4.98 Å². The highest BCUT2D eigenvalue weighted by atomic mass is 79.9. The second-order valence-electron chi connectivity index (χ2n) is 6.28. The van der Waals surface area contributed by atoms with Crippen LogP contribution in [0.1, 0.15) is 30.2 Å². The molecule has 136 valence electrons. The van der Waals surface area contributed by atoms with Crippen LogP contribution in [-0.2, 0) is 6.54 Å². The average molecular weight is 411 g/mol. The minimum atomic E-state index is 0.125. The third kappa shape index (κ3) is 4.13. The predicted molar refractivity (Wildman–Crippen MR) is 96.7 cm³/mol. The first kappa shape index (κ1) is 18.2. The molecule has 0 aliphatic carbocycles. The summed E-state index contributed by atoms with van der Waals surface area (Å²) in [5.74, 6) is 1.99. The number of piperazine rings is 1. The molecule has 0 radical (unpaired) electrons. The summed E-state index contributed by atoms with van der Waals surface area (Å²) >= 11 is 3.56. The van der Waals surface area contributed by atoms with Crippen LogP contribution in [0.2, 0.25) is 0 Å². The molecule has 7 nitrogen and oxygen atoms in total. The Morgan fingerprint density at radius 2 is 2.04 bits per heavy atom. The van der Waals surface area contributed by atoms with Crippen molar-refractivity contribution in [1.29, 1.82) is 0 Å². The molecular weight excluding hydrogens is 388 g/mol. The molecule has 1 atom stereocenters. The molecule has 3 rings (SSSR count). The van der Waals surface area contributed by atoms with E-state index in [9.17, 15) is 5.11 Å². The molecule has 1 saturated heterocycles. The fourth-order valence-corrected chi connectivity index (χ4v) is 3.51. The van der Waals surface area contributed by atoms with Crippen molar-refractivity contribution in [3.63, 3.8) is 0 Å². The quantitative estimate of drug-likeness (QED) is 0.811. The number of rotatable bonds is 5. The molecule has 1 fully saturated rings. The maximum absolute atomic E-state index is 9.99. The average Bonchev–Trinajstić information content (AvgIpc) is 3.04. The number of phenols is 1. The smallest absolute Gasteiger partial charge is 0.243 e. The maximum Gasteiger partial charge on any atom is 0.243 e. The molecule has 0 bridgehead atoms. The number of ether oxygens (including phenoxy) is 1. The SMILES string of the molecule is COc1cc(Br)c(CN2CCN(C(C)c3nc(C)no3)CC2)cc1O. The number of hydrogen-bond donors (Lipinski definition) is 1. The van der Waals surface area contributed by atoms with Gasteiger partial charge in [0.15, 0.2) is 17.3 Å². The molecule has 0 amide bonds. The zero-order chi connectivity index (χ0) is 18.0. The van der Waals surface area contributed by atoms with E-state index in [0.717, 1.165) is 42.8 Å². The van der Waals surface area contributed by atoms with Gasteiger partial charge < -0.3 is 14.4 Å². The summed E-state index contributed by atoms with van der Waals surface area (Å²) < 4.78 is 11.4. The summed E-state index contributed by atoms with van der Waals surface area (Å²) in [5.41, 5.74) is 1.05. The normalized spacial score (nSPS) is 17.6. The van der Waals surface area contributed by atoms with Crippen LogP contribution < -0.4 is 4.74 Å². The van der Waals surface area contributed by atoms with Crippen LogP contribution in [0.4, 0.5) is 0 Å². The van der Waals surface area contributed by atoms with E-state index in [-0.39, 0.29) is 11.8 Å². The second kappa shape index (κ2) is 7.72. The first-order chi connectivity index (χ1) is 12.0. The lowest BCUT2D eigenvalue weighted by Crippen LogP contribution is -2.46. The van der Waals surface area contributed by atoms with Gasteiger partial charge >= 0.3 is 0 Å². The van der Waals surface area contributed by atoms with Gasteiger partial charge in [0, 0.05) is 37.2 Å². The van der Waals surface area contributed by atoms with E-state index in [1.54, 1.807) is 19.2 Å². The van der Waals surface area contributed by atoms with Crippen molar-refractivity contribution in [3.8, 4) is 11.5 Å². The van der Waals surface area contributed by atoms with Crippen molar-refractivity contribution >= 4 is 15.9 Å². The Bertz CT molecular complexity index is 729. The zero-order valence-corrected chi connectivity index (χ0v) is 16.3. The van der Waals surface area contributed by atoms with Crippen LogP contribution in [0.5, 0.6) is 11.5 Å². The molecular formula is C17H23BrN4O3. The topological polar surface area (TPSA) is 74.9 Å². The summed E-state index contributed by atoms with van der Waals surface area (Å²) in [6.07, 6.45) is 0. The molecule has 25 heavy (non-hydrogen) atoms. The molecule has 1 aromatic heterocycles. The highest BCUT2D eigenvalue weighted by Gasteiger charge is 2.25. The number of methoxy groups -OCH3 is 1. The largest absolute Gasteiger partial charge is 0.504 e. The van der Waals surface area contributed by atoms with Crippen LogP contribution in [0.3, 0.4) is 0 Å². The first-order valence-electron chi connectivity index (χ1n) is 8.30. The summed E-state index contributed by atoms with van der Waals surface area (Å²) in [7, 11) is 1.55. The zero-order valence-electron chi connectivity index (χ0n) is 14.7. The highest BCUT2D eigenvalue weighted by molar-refractivity contribution is 9.10. The van der Waals surface area contributed by atoms with Gasteiger partial charge in [-0.25, -0.2) is 0 Å². The number of aryl methyl sites for hydroxylation is 1. The number of halogens is 1. The van der Waals surface area contributed by atoms with Gasteiger partial charge in [0.1, 0.15) is 0 Å². The molecule has 0 saturated carbocycles. The Labute approximate surface area is 155 Å². The Balaban J connectivity index is 1.58. The Hall–Kier alpha value is -1.64. The van der Waals surface area contributed by atoms with E-state index in [1.165, 1.54) is 0 Å². The summed E-state index contributed by atoms with van der Waals surface area (Å²) in [6, 6.07) is 3.69. The lowest BCUT2D eigenvalue weighted by atomic mass is 10.1. The lowest BCUT2D eigenvalue weighted by molar-refractivity contribution is 0.0844. The number of aromatic hydroxyl groups is 1. The second-order valence-corrected chi connectivity index (χ2v) is 7.14. The third-order valence-electron chi connectivity index (χ3n) is 4.60. The first-order valence-corrected chi connectivity index (χ1v) is 9.09. The minimum absolute atomic E-state index is 0.125. The van der Waals surface area contributed by atoms with Crippen LogP contribution in [0, 0.1) is 6.92 Å². The summed E-state index contributed by atoms with van der Waals surface area (Å²) in [6.45, 7) is 8.46. The number of phenolic OH excluding ortho intramolecular Hbond substituents is 1. The molecule has 2 heterocycles. The van der Waals surface area contributed by atoms with Crippen molar-refractivity contribution in [2.24, 2.45) is 0 Å². The Kier molecular flexibility index (Phi) is 5.61. The lowest BCUT2D eigenvalue weighted by Gasteiger charge is -2.37. The molecule has 1 N–H and O–H groups in total. The Morgan fingerprint density at radius 3 is 2.64 bits per heavy atom. The van der Waals surface area contributed by atoms with Crippen LogP contribution >= 0.6 is 15.9 Å². The fraction of sp³-hybridized carbons (Fsp3) is 0.529. The molecule has 1 aliphatic rings. The molecule has 1 unspecified atom stereocenters. The molecule has 1 aliphatic heterocycles. The van der Waals surface area contributed by atoms with Crippen molar-refractivity contribution in [3.05, 3.63) is 33.9 Å². The highest BCUT2D eigenvalue weighted by Crippen LogP contribution is 2.33. The van der Waals surface area contributed by atoms with Crippen LogP contribution in [0.15, 0.2) is 21.1 Å².